The van der Waals surface area contributed by atoms with Crippen LogP contribution in [-0.2, 0) is 32.5 Å². The van der Waals surface area contributed by atoms with Crippen LogP contribution in [0.15, 0.2) is 102 Å². The summed E-state index contributed by atoms with van der Waals surface area (Å²) < 4.78 is 34.4. The van der Waals surface area contributed by atoms with Crippen molar-refractivity contribution in [1.29, 1.82) is 0 Å². The first-order chi connectivity index (χ1) is 21.2. The Morgan fingerprint density at radius 1 is 0.886 bits per heavy atom. The number of aryl methyl sites for hydroxylation is 2. The van der Waals surface area contributed by atoms with Crippen LogP contribution in [0.1, 0.15) is 40.4 Å². The summed E-state index contributed by atoms with van der Waals surface area (Å²) in [5, 5.41) is 2.86. The first kappa shape index (κ1) is 32.8. The number of anilines is 1. The smallest absolute Gasteiger partial charge is 0.328 e. The molecule has 1 amide bonds. The van der Waals surface area contributed by atoms with Crippen molar-refractivity contribution < 1.29 is 22.7 Å². The molecule has 44 heavy (non-hydrogen) atoms. The molecule has 0 aromatic heterocycles. The summed E-state index contributed by atoms with van der Waals surface area (Å²) in [6, 6.07) is 28.2. The van der Waals surface area contributed by atoms with Crippen molar-refractivity contribution in [3.63, 3.8) is 0 Å². The number of nitrogens with zero attached hydrogens (tertiary/aromatic N) is 1. The zero-order chi connectivity index (χ0) is 31.7. The van der Waals surface area contributed by atoms with Crippen molar-refractivity contribution >= 4 is 39.3 Å². The number of esters is 1. The Bertz CT molecular complexity index is 1690. The largest absolute Gasteiger partial charge is 0.467 e. The lowest BCUT2D eigenvalue weighted by atomic mass is 9.93. The number of benzene rings is 4. The highest BCUT2D eigenvalue weighted by Gasteiger charge is 2.27. The van der Waals surface area contributed by atoms with Gasteiger partial charge in [-0.1, -0.05) is 67.6 Å². The molecule has 4 aromatic carbocycles. The fraction of sp³-hybridized carbons (Fsp3) is 0.257. The van der Waals surface area contributed by atoms with Gasteiger partial charge >= 0.3 is 5.97 Å². The fourth-order valence-electron chi connectivity index (χ4n) is 4.95. The third kappa shape index (κ3) is 7.70. The summed E-state index contributed by atoms with van der Waals surface area (Å²) in [4.78, 5) is 26.3. The van der Waals surface area contributed by atoms with Crippen LogP contribution < -0.4 is 9.62 Å². The molecule has 0 saturated carbocycles. The van der Waals surface area contributed by atoms with Gasteiger partial charge in [-0.05, 0) is 96.0 Å². The van der Waals surface area contributed by atoms with Gasteiger partial charge in [-0.2, -0.15) is 11.8 Å². The van der Waals surface area contributed by atoms with E-state index in [-0.39, 0.29) is 11.4 Å². The highest BCUT2D eigenvalue weighted by atomic mass is 32.2. The molecule has 0 radical (unpaired) electrons. The van der Waals surface area contributed by atoms with Crippen molar-refractivity contribution in [2.75, 3.05) is 23.4 Å². The summed E-state index contributed by atoms with van der Waals surface area (Å²) in [6.45, 7) is 4.02. The van der Waals surface area contributed by atoms with Crippen LogP contribution in [0.5, 0.6) is 0 Å². The van der Waals surface area contributed by atoms with Gasteiger partial charge in [0.1, 0.15) is 6.04 Å². The van der Waals surface area contributed by atoms with Gasteiger partial charge in [-0.3, -0.25) is 9.10 Å². The molecule has 9 heteroatoms. The van der Waals surface area contributed by atoms with Crippen molar-refractivity contribution in [3.05, 3.63) is 119 Å². The number of amides is 1. The van der Waals surface area contributed by atoms with Gasteiger partial charge in [0.2, 0.25) is 0 Å². The van der Waals surface area contributed by atoms with E-state index in [4.69, 9.17) is 4.74 Å². The van der Waals surface area contributed by atoms with Crippen molar-refractivity contribution in [1.82, 2.24) is 5.32 Å². The molecule has 4 aromatic rings. The Balaban J connectivity index is 1.78. The van der Waals surface area contributed by atoms with Gasteiger partial charge in [0.25, 0.3) is 15.9 Å². The Labute approximate surface area is 264 Å². The van der Waals surface area contributed by atoms with Crippen LogP contribution in [0.3, 0.4) is 0 Å². The van der Waals surface area contributed by atoms with Crippen molar-refractivity contribution in [3.8, 4) is 11.1 Å². The molecule has 0 heterocycles. The van der Waals surface area contributed by atoms with E-state index >= 15 is 0 Å². The zero-order valence-corrected chi connectivity index (χ0v) is 27.1. The van der Waals surface area contributed by atoms with Crippen LogP contribution in [0, 0.1) is 6.92 Å². The maximum absolute atomic E-state index is 14.0. The molecule has 0 aliphatic heterocycles. The quantitative estimate of drug-likeness (QED) is 0.167. The number of sulfonamides is 1. The Hall–Kier alpha value is -4.08. The highest BCUT2D eigenvalue weighted by molar-refractivity contribution is 7.98. The molecule has 0 spiro atoms. The van der Waals surface area contributed by atoms with Gasteiger partial charge in [-0.25, -0.2) is 13.2 Å². The summed E-state index contributed by atoms with van der Waals surface area (Å²) in [5.41, 5.74) is 5.09. The van der Waals surface area contributed by atoms with Gasteiger partial charge in [0, 0.05) is 5.56 Å². The van der Waals surface area contributed by atoms with E-state index in [0.717, 1.165) is 23.1 Å². The molecule has 4 rings (SSSR count). The SMILES string of the molecule is CCc1ccc(S(=O)(=O)N(Cc2ccc(C(=O)N[C@@H](CCSC)C(=O)OC)c(-c3ccccc3C)c2)c2ccccc2)cc1. The molecule has 0 aliphatic carbocycles. The second-order valence-electron chi connectivity index (χ2n) is 10.4. The predicted octanol–water partition coefficient (Wildman–Crippen LogP) is 6.64. The van der Waals surface area contributed by atoms with E-state index in [9.17, 15) is 18.0 Å². The summed E-state index contributed by atoms with van der Waals surface area (Å²) in [5.74, 6) is -0.235. The van der Waals surface area contributed by atoms with E-state index in [0.29, 0.717) is 34.6 Å². The van der Waals surface area contributed by atoms with E-state index < -0.39 is 27.9 Å². The number of nitrogens with one attached hydrogen (secondary N) is 1. The van der Waals surface area contributed by atoms with Crippen LogP contribution >= 0.6 is 11.8 Å². The molecular formula is C35H38N2O5S2. The number of ether oxygens (including phenoxy) is 1. The maximum atomic E-state index is 14.0. The molecule has 0 unspecified atom stereocenters. The average Bonchev–Trinajstić information content (AvgIpc) is 3.05. The minimum absolute atomic E-state index is 0.0428. The molecule has 0 bridgehead atoms. The lowest BCUT2D eigenvalue weighted by Crippen LogP contribution is -2.42. The Morgan fingerprint density at radius 2 is 1.55 bits per heavy atom. The normalized spacial score (nSPS) is 11.9. The van der Waals surface area contributed by atoms with Crippen LogP contribution in [0.2, 0.25) is 0 Å². The number of thioether (sulfide) groups is 1. The number of carbonyl (C=O) groups is 2. The molecule has 0 aliphatic rings. The number of para-hydroxylation sites is 1. The van der Waals surface area contributed by atoms with Crippen LogP contribution in [-0.4, -0.2) is 45.5 Å². The zero-order valence-electron chi connectivity index (χ0n) is 25.4. The molecule has 230 valence electrons. The monoisotopic (exact) mass is 630 g/mol. The minimum Gasteiger partial charge on any atom is -0.467 e. The van der Waals surface area contributed by atoms with Crippen molar-refractivity contribution in [2.24, 2.45) is 0 Å². The second-order valence-corrected chi connectivity index (χ2v) is 13.2. The number of rotatable bonds is 13. The van der Waals surface area contributed by atoms with Gasteiger partial charge in [0.15, 0.2) is 0 Å². The highest BCUT2D eigenvalue weighted by Crippen LogP contribution is 2.31. The van der Waals surface area contributed by atoms with E-state index in [1.54, 1.807) is 60.3 Å². The summed E-state index contributed by atoms with van der Waals surface area (Å²) in [7, 11) is -2.62. The first-order valence-corrected chi connectivity index (χ1v) is 17.3. The standard InChI is InChI=1S/C35H38N2O5S2/c1-5-26-15-18-29(19-16-26)44(40,41)37(28-12-7-6-8-13-28)24-27-17-20-31(32(23-27)30-14-10-9-11-25(30)2)34(38)36-33(21-22-43-4)35(39)42-3/h6-20,23,33H,5,21-22,24H2,1-4H3,(H,36,38)/t33-/m0/s1. The second kappa shape index (κ2) is 15.1. The molecule has 1 N–H and O–H groups in total. The van der Waals surface area contributed by atoms with Crippen LogP contribution in [0.4, 0.5) is 5.69 Å². The number of carbonyl (C=O) groups excluding carboxylic acids is 2. The third-order valence-electron chi connectivity index (χ3n) is 7.46. The maximum Gasteiger partial charge on any atom is 0.328 e. The number of methoxy groups -OCH3 is 1. The van der Waals surface area contributed by atoms with Crippen LogP contribution in [0.25, 0.3) is 11.1 Å². The summed E-state index contributed by atoms with van der Waals surface area (Å²) in [6.07, 6.45) is 3.17. The number of hydrogen-bond acceptors (Lipinski definition) is 6. The van der Waals surface area contributed by atoms with Gasteiger partial charge < -0.3 is 10.1 Å². The van der Waals surface area contributed by atoms with E-state index in [1.165, 1.54) is 11.4 Å². The van der Waals surface area contributed by atoms with Gasteiger partial charge in [0.05, 0.1) is 24.2 Å². The predicted molar refractivity (Wildman–Crippen MR) is 179 cm³/mol. The summed E-state index contributed by atoms with van der Waals surface area (Å²) >= 11 is 1.58. The van der Waals surface area contributed by atoms with E-state index in [1.807, 2.05) is 68.6 Å². The minimum atomic E-state index is -3.93. The first-order valence-electron chi connectivity index (χ1n) is 14.4. The van der Waals surface area contributed by atoms with Crippen molar-refractivity contribution in [2.45, 2.75) is 44.2 Å². The lowest BCUT2D eigenvalue weighted by molar-refractivity contribution is -0.142. The van der Waals surface area contributed by atoms with E-state index in [2.05, 4.69) is 5.32 Å². The topological polar surface area (TPSA) is 92.8 Å². The molecular weight excluding hydrogens is 593 g/mol. The Morgan fingerprint density at radius 3 is 2.18 bits per heavy atom. The average molecular weight is 631 g/mol. The fourth-order valence-corrected chi connectivity index (χ4v) is 6.87. The van der Waals surface area contributed by atoms with Gasteiger partial charge in [-0.15, -0.1) is 0 Å². The molecule has 0 fully saturated rings. The molecule has 7 nitrogen and oxygen atoms in total. The lowest BCUT2D eigenvalue weighted by Gasteiger charge is -2.25. The third-order valence-corrected chi connectivity index (χ3v) is 9.89. The molecule has 1 atom stereocenters. The Kier molecular flexibility index (Phi) is 11.3. The molecule has 0 saturated heterocycles. The number of hydrogen-bond donors (Lipinski definition) is 1.